The van der Waals surface area contributed by atoms with Gasteiger partial charge in [-0.05, 0) is 12.1 Å². The largest absolute Gasteiger partial charge is 0.345 e. The van der Waals surface area contributed by atoms with Crippen LogP contribution in [0.25, 0.3) is 22.5 Å². The van der Waals surface area contributed by atoms with Gasteiger partial charge in [-0.3, -0.25) is 9.89 Å². The molecule has 0 saturated heterocycles. The Morgan fingerprint density at radius 3 is 2.41 bits per heavy atom. The Hall–Kier alpha value is -2.88. The van der Waals surface area contributed by atoms with E-state index in [4.69, 9.17) is 0 Å². The van der Waals surface area contributed by atoms with Crippen LogP contribution in [0.15, 0.2) is 60.7 Å². The van der Waals surface area contributed by atoms with Crippen molar-refractivity contribution in [2.45, 2.75) is 0 Å². The average molecular weight is 291 g/mol. The molecule has 0 spiro atoms. The van der Waals surface area contributed by atoms with Crippen molar-refractivity contribution in [3.63, 3.8) is 0 Å². The fraction of sp³-hybridized carbons (Fsp3) is 0.111. The van der Waals surface area contributed by atoms with Crippen LogP contribution in [-0.4, -0.2) is 35.1 Å². The summed E-state index contributed by atoms with van der Waals surface area (Å²) >= 11 is 0. The van der Waals surface area contributed by atoms with Crippen molar-refractivity contribution in [1.29, 1.82) is 0 Å². The van der Waals surface area contributed by atoms with Crippen molar-refractivity contribution in [1.82, 2.24) is 15.1 Å². The average Bonchev–Trinajstić information content (AvgIpc) is 3.05. The summed E-state index contributed by atoms with van der Waals surface area (Å²) in [7, 11) is 3.50. The number of amides is 1. The molecule has 22 heavy (non-hydrogen) atoms. The molecule has 2 aromatic carbocycles. The van der Waals surface area contributed by atoms with Gasteiger partial charge in [-0.1, -0.05) is 48.5 Å². The number of nitrogens with one attached hydrogen (secondary N) is 1. The van der Waals surface area contributed by atoms with Gasteiger partial charge in [0, 0.05) is 30.8 Å². The minimum absolute atomic E-state index is 0.0218. The third-order valence-corrected chi connectivity index (χ3v) is 3.50. The van der Waals surface area contributed by atoms with Gasteiger partial charge in [0.2, 0.25) is 0 Å². The summed E-state index contributed by atoms with van der Waals surface area (Å²) in [5.41, 5.74) is 4.26. The van der Waals surface area contributed by atoms with Gasteiger partial charge >= 0.3 is 0 Å². The summed E-state index contributed by atoms with van der Waals surface area (Å²) in [6.07, 6.45) is 0. The highest BCUT2D eigenvalue weighted by molar-refractivity contribution is 6.00. The van der Waals surface area contributed by atoms with E-state index in [0.717, 1.165) is 22.5 Å². The predicted molar refractivity (Wildman–Crippen MR) is 87.5 cm³/mol. The van der Waals surface area contributed by atoms with E-state index in [9.17, 15) is 4.79 Å². The topological polar surface area (TPSA) is 49.0 Å². The number of H-pyrrole nitrogens is 1. The summed E-state index contributed by atoms with van der Waals surface area (Å²) in [5, 5.41) is 7.39. The number of benzene rings is 2. The Bertz CT molecular complexity index is 791. The molecule has 0 aliphatic carbocycles. The summed E-state index contributed by atoms with van der Waals surface area (Å²) in [6.45, 7) is 0. The summed E-state index contributed by atoms with van der Waals surface area (Å²) < 4.78 is 0. The lowest BCUT2D eigenvalue weighted by Gasteiger charge is -2.13. The smallest absolute Gasteiger partial charge is 0.254 e. The van der Waals surface area contributed by atoms with Crippen LogP contribution in [0.4, 0.5) is 0 Å². The molecule has 4 nitrogen and oxygen atoms in total. The maximum Gasteiger partial charge on any atom is 0.254 e. The first kappa shape index (κ1) is 14.1. The molecule has 110 valence electrons. The number of hydrogen-bond acceptors (Lipinski definition) is 2. The normalized spacial score (nSPS) is 10.5. The molecule has 0 atom stereocenters. The predicted octanol–water partition coefficient (Wildman–Crippen LogP) is 3.45. The van der Waals surface area contributed by atoms with E-state index >= 15 is 0 Å². The fourth-order valence-electron chi connectivity index (χ4n) is 2.36. The zero-order chi connectivity index (χ0) is 15.5. The molecule has 1 amide bonds. The molecular formula is C18H17N3O. The molecule has 0 unspecified atom stereocenters. The standard InChI is InChI=1S/C18H17N3O/c1-21(2)18(22)15-11-7-6-10-14(15)17-12-16(19-20-17)13-8-4-3-5-9-13/h3-12H,1-2H3,(H,19,20). The second-order valence-corrected chi connectivity index (χ2v) is 5.28. The number of carbonyl (C=O) groups is 1. The molecule has 3 rings (SSSR count). The van der Waals surface area contributed by atoms with Gasteiger partial charge in [-0.15, -0.1) is 0 Å². The number of aromatic amines is 1. The number of carbonyl (C=O) groups excluding carboxylic acids is 1. The molecule has 0 radical (unpaired) electrons. The zero-order valence-corrected chi connectivity index (χ0v) is 12.6. The lowest BCUT2D eigenvalue weighted by Crippen LogP contribution is -2.22. The second-order valence-electron chi connectivity index (χ2n) is 5.28. The Morgan fingerprint density at radius 2 is 1.68 bits per heavy atom. The van der Waals surface area contributed by atoms with Gasteiger partial charge < -0.3 is 4.90 Å². The number of hydrogen-bond donors (Lipinski definition) is 1. The summed E-state index contributed by atoms with van der Waals surface area (Å²) in [4.78, 5) is 13.9. The first-order valence-electron chi connectivity index (χ1n) is 7.08. The van der Waals surface area contributed by atoms with Crippen LogP contribution in [0.3, 0.4) is 0 Å². The van der Waals surface area contributed by atoms with E-state index < -0.39 is 0 Å². The second kappa shape index (κ2) is 5.85. The van der Waals surface area contributed by atoms with Crippen LogP contribution in [0.1, 0.15) is 10.4 Å². The van der Waals surface area contributed by atoms with Crippen LogP contribution in [0, 0.1) is 0 Å². The minimum atomic E-state index is -0.0218. The maximum atomic E-state index is 12.3. The molecule has 0 fully saturated rings. The monoisotopic (exact) mass is 291 g/mol. The van der Waals surface area contributed by atoms with E-state index in [1.54, 1.807) is 19.0 Å². The van der Waals surface area contributed by atoms with Gasteiger partial charge in [-0.2, -0.15) is 5.10 Å². The number of aromatic nitrogens is 2. The van der Waals surface area contributed by atoms with Crippen LogP contribution >= 0.6 is 0 Å². The minimum Gasteiger partial charge on any atom is -0.345 e. The van der Waals surface area contributed by atoms with Gasteiger partial charge in [0.25, 0.3) is 5.91 Å². The summed E-state index contributed by atoms with van der Waals surface area (Å²) in [5.74, 6) is -0.0218. The Kier molecular flexibility index (Phi) is 3.74. The van der Waals surface area contributed by atoms with E-state index in [1.165, 1.54) is 0 Å². The fourth-order valence-corrected chi connectivity index (χ4v) is 2.36. The molecule has 0 bridgehead atoms. The number of nitrogens with zero attached hydrogens (tertiary/aromatic N) is 2. The molecular weight excluding hydrogens is 274 g/mol. The van der Waals surface area contributed by atoms with E-state index in [-0.39, 0.29) is 5.91 Å². The first-order valence-corrected chi connectivity index (χ1v) is 7.08. The van der Waals surface area contributed by atoms with Crippen molar-refractivity contribution in [2.75, 3.05) is 14.1 Å². The highest BCUT2D eigenvalue weighted by atomic mass is 16.2. The molecule has 1 aromatic heterocycles. The van der Waals surface area contributed by atoms with Gasteiger partial charge in [-0.25, -0.2) is 0 Å². The number of rotatable bonds is 3. The lowest BCUT2D eigenvalue weighted by atomic mass is 10.0. The van der Waals surface area contributed by atoms with Crippen molar-refractivity contribution < 1.29 is 4.79 Å². The maximum absolute atomic E-state index is 12.3. The third kappa shape index (κ3) is 2.63. The Balaban J connectivity index is 2.03. The van der Waals surface area contributed by atoms with Crippen molar-refractivity contribution >= 4 is 5.91 Å². The van der Waals surface area contributed by atoms with Crippen molar-refractivity contribution in [3.8, 4) is 22.5 Å². The first-order chi connectivity index (χ1) is 10.7. The molecule has 4 heteroatoms. The van der Waals surface area contributed by atoms with Crippen molar-refractivity contribution in [2.24, 2.45) is 0 Å². The molecule has 1 heterocycles. The van der Waals surface area contributed by atoms with E-state index in [2.05, 4.69) is 10.2 Å². The third-order valence-electron chi connectivity index (χ3n) is 3.50. The van der Waals surface area contributed by atoms with Crippen LogP contribution in [0.2, 0.25) is 0 Å². The highest BCUT2D eigenvalue weighted by Crippen LogP contribution is 2.26. The van der Waals surface area contributed by atoms with E-state index in [1.807, 2.05) is 60.7 Å². The molecule has 0 aliphatic heterocycles. The Morgan fingerprint density at radius 1 is 1.00 bits per heavy atom. The Labute approximate surface area is 129 Å². The van der Waals surface area contributed by atoms with Gasteiger partial charge in [0.1, 0.15) is 0 Å². The zero-order valence-electron chi connectivity index (χ0n) is 12.6. The molecule has 3 aromatic rings. The SMILES string of the molecule is CN(C)C(=O)c1ccccc1-c1cc(-c2ccccc2)n[nH]1. The molecule has 0 saturated carbocycles. The quantitative estimate of drug-likeness (QED) is 0.803. The van der Waals surface area contributed by atoms with Crippen LogP contribution < -0.4 is 0 Å². The van der Waals surface area contributed by atoms with E-state index in [0.29, 0.717) is 5.56 Å². The summed E-state index contributed by atoms with van der Waals surface area (Å²) in [6, 6.07) is 19.5. The molecule has 1 N–H and O–H groups in total. The lowest BCUT2D eigenvalue weighted by molar-refractivity contribution is 0.0828. The van der Waals surface area contributed by atoms with Crippen molar-refractivity contribution in [3.05, 3.63) is 66.2 Å². The highest BCUT2D eigenvalue weighted by Gasteiger charge is 2.15. The van der Waals surface area contributed by atoms with Crippen LogP contribution in [-0.2, 0) is 0 Å². The van der Waals surface area contributed by atoms with Gasteiger partial charge in [0.15, 0.2) is 0 Å². The van der Waals surface area contributed by atoms with Crippen LogP contribution in [0.5, 0.6) is 0 Å². The molecule has 0 aliphatic rings. The van der Waals surface area contributed by atoms with Gasteiger partial charge in [0.05, 0.1) is 11.4 Å².